The van der Waals surface area contributed by atoms with E-state index in [4.69, 9.17) is 25.2 Å². The van der Waals surface area contributed by atoms with Crippen molar-refractivity contribution < 1.29 is 64.3 Å². The van der Waals surface area contributed by atoms with E-state index in [1.165, 1.54) is 12.1 Å². The van der Waals surface area contributed by atoms with Crippen LogP contribution < -0.4 is 4.74 Å². The van der Waals surface area contributed by atoms with Crippen molar-refractivity contribution in [3.8, 4) is 51.7 Å². The second-order valence-electron chi connectivity index (χ2n) is 7.34. The fourth-order valence-electron chi connectivity index (χ4n) is 3.33. The molecule has 3 aromatic rings. The van der Waals surface area contributed by atoms with Crippen LogP contribution in [0.3, 0.4) is 0 Å². The molecule has 0 bridgehead atoms. The Morgan fingerprint density at radius 2 is 1.34 bits per heavy atom. The molecule has 1 atom stereocenters. The van der Waals surface area contributed by atoms with E-state index >= 15 is 0 Å². The molecule has 0 saturated heterocycles. The molecule has 1 heterocycles. The Balaban J connectivity index is 0.000000225. The van der Waals surface area contributed by atoms with Crippen molar-refractivity contribution in [2.75, 3.05) is 0 Å². The number of rotatable bonds is 2. The summed E-state index contributed by atoms with van der Waals surface area (Å²) in [5.41, 5.74) is -0.546. The molecule has 11 nitrogen and oxygen atoms in total. The van der Waals surface area contributed by atoms with Crippen LogP contribution in [0.15, 0.2) is 24.3 Å². The van der Waals surface area contributed by atoms with Gasteiger partial charge in [-0.25, -0.2) is 13.6 Å². The zero-order valence-corrected chi connectivity index (χ0v) is 17.4. The molecule has 0 fully saturated rings. The minimum Gasteiger partial charge on any atom is -0.508 e. The first-order valence-corrected chi connectivity index (χ1v) is 9.64. The number of carboxylic acid groups (broad SMARTS) is 1. The first kappa shape index (κ1) is 24.8. The van der Waals surface area contributed by atoms with Gasteiger partial charge < -0.3 is 50.7 Å². The molecule has 9 N–H and O–H groups in total. The van der Waals surface area contributed by atoms with E-state index < -0.39 is 63.8 Å². The van der Waals surface area contributed by atoms with Gasteiger partial charge in [0.15, 0.2) is 34.6 Å². The fraction of sp³-hybridized carbons (Fsp3) is 0.136. The van der Waals surface area contributed by atoms with Crippen LogP contribution in [-0.4, -0.2) is 51.9 Å². The number of carboxylic acids is 1. The van der Waals surface area contributed by atoms with Gasteiger partial charge in [0.05, 0.1) is 0 Å². The molecule has 0 aliphatic carbocycles. The first-order valence-electron chi connectivity index (χ1n) is 9.64. The summed E-state index contributed by atoms with van der Waals surface area (Å²) in [6, 6.07) is 3.95. The molecule has 4 rings (SSSR count). The van der Waals surface area contributed by atoms with Crippen molar-refractivity contribution >= 4 is 5.97 Å². The van der Waals surface area contributed by atoms with Crippen molar-refractivity contribution in [1.82, 2.24) is 0 Å². The van der Waals surface area contributed by atoms with Crippen LogP contribution in [0, 0.1) is 11.6 Å². The summed E-state index contributed by atoms with van der Waals surface area (Å²) in [7, 11) is 0. The molecule has 35 heavy (non-hydrogen) atoms. The van der Waals surface area contributed by atoms with Gasteiger partial charge in [0.25, 0.3) is 0 Å². The summed E-state index contributed by atoms with van der Waals surface area (Å²) in [6.45, 7) is 0. The molecule has 0 radical (unpaired) electrons. The summed E-state index contributed by atoms with van der Waals surface area (Å²) >= 11 is 0. The molecule has 0 spiro atoms. The van der Waals surface area contributed by atoms with E-state index in [0.717, 1.165) is 6.07 Å². The lowest BCUT2D eigenvalue weighted by Crippen LogP contribution is -2.16. The largest absolute Gasteiger partial charge is 0.508 e. The Kier molecular flexibility index (Phi) is 6.53. The third-order valence-corrected chi connectivity index (χ3v) is 5.09. The number of benzene rings is 3. The maximum atomic E-state index is 14.1. The van der Waals surface area contributed by atoms with E-state index in [-0.39, 0.29) is 29.2 Å². The van der Waals surface area contributed by atoms with Crippen molar-refractivity contribution in [3.63, 3.8) is 0 Å². The van der Waals surface area contributed by atoms with Gasteiger partial charge in [-0.2, -0.15) is 0 Å². The van der Waals surface area contributed by atoms with Crippen molar-refractivity contribution in [2.24, 2.45) is 0 Å². The van der Waals surface area contributed by atoms with Crippen LogP contribution >= 0.6 is 0 Å². The number of phenolic OH excluding ortho intramolecular Hbond substituents is 8. The highest BCUT2D eigenvalue weighted by molar-refractivity contribution is 5.89. The number of phenols is 8. The van der Waals surface area contributed by atoms with Crippen LogP contribution in [0.25, 0.3) is 0 Å². The van der Waals surface area contributed by atoms with Crippen molar-refractivity contribution in [2.45, 2.75) is 18.9 Å². The molecule has 1 aliphatic rings. The summed E-state index contributed by atoms with van der Waals surface area (Å²) in [5, 5.41) is 82.2. The Bertz CT molecular complexity index is 1320. The van der Waals surface area contributed by atoms with Gasteiger partial charge in [-0.05, 0) is 18.9 Å². The van der Waals surface area contributed by atoms with E-state index in [9.17, 15) is 39.1 Å². The minimum absolute atomic E-state index is 0.120. The second kappa shape index (κ2) is 9.21. The number of aromatic hydroxyl groups is 8. The number of aromatic carboxylic acids is 1. The van der Waals surface area contributed by atoms with Crippen LogP contribution in [-0.2, 0) is 6.42 Å². The van der Waals surface area contributed by atoms with Gasteiger partial charge in [-0.1, -0.05) is 0 Å². The Morgan fingerprint density at radius 1 is 0.771 bits per heavy atom. The number of halogens is 2. The van der Waals surface area contributed by atoms with Crippen molar-refractivity contribution in [1.29, 1.82) is 0 Å². The molecule has 3 aromatic carbocycles. The lowest BCUT2D eigenvalue weighted by molar-refractivity contribution is 0.0690. The van der Waals surface area contributed by atoms with Gasteiger partial charge in [-0.3, -0.25) is 0 Å². The summed E-state index contributed by atoms with van der Waals surface area (Å²) < 4.78 is 32.4. The number of hydrogen-bond donors (Lipinski definition) is 9. The van der Waals surface area contributed by atoms with Crippen LogP contribution in [0.4, 0.5) is 8.78 Å². The molecule has 13 heteroatoms. The predicted molar refractivity (Wildman–Crippen MR) is 111 cm³/mol. The van der Waals surface area contributed by atoms with Gasteiger partial charge in [-0.15, -0.1) is 0 Å². The Morgan fingerprint density at radius 3 is 1.94 bits per heavy atom. The SMILES string of the molecule is O=C(O)c1cc(O)c(O)c(O)c1F.Oc1cc(O)c2c(c1)OC(c1cc(O)c(O)c(O)c1F)CC2. The number of carbonyl (C=O) groups is 1. The van der Waals surface area contributed by atoms with E-state index in [0.29, 0.717) is 18.1 Å². The maximum Gasteiger partial charge on any atom is 0.338 e. The number of fused-ring (bicyclic) bond motifs is 1. The number of hydrogen-bond acceptors (Lipinski definition) is 10. The highest BCUT2D eigenvalue weighted by Gasteiger charge is 2.29. The molecule has 1 aliphatic heterocycles. The topological polar surface area (TPSA) is 208 Å². The second-order valence-corrected chi connectivity index (χ2v) is 7.34. The average Bonchev–Trinajstić information content (AvgIpc) is 2.80. The molecule has 0 aromatic heterocycles. The third kappa shape index (κ3) is 4.64. The van der Waals surface area contributed by atoms with Crippen molar-refractivity contribution in [3.05, 3.63) is 52.6 Å². The summed E-state index contributed by atoms with van der Waals surface area (Å²) in [6.07, 6.45) is -0.203. The fourth-order valence-corrected chi connectivity index (χ4v) is 3.33. The van der Waals surface area contributed by atoms with E-state index in [1.807, 2.05) is 0 Å². The molecule has 186 valence electrons. The van der Waals surface area contributed by atoms with E-state index in [1.54, 1.807) is 0 Å². The highest BCUT2D eigenvalue weighted by atomic mass is 19.1. The minimum atomic E-state index is -1.65. The molecular weight excluding hydrogens is 478 g/mol. The zero-order valence-electron chi connectivity index (χ0n) is 17.4. The Hall–Kier alpha value is -4.81. The van der Waals surface area contributed by atoms with Gasteiger partial charge in [0.1, 0.15) is 28.9 Å². The Labute approximate surface area is 194 Å². The number of ether oxygens (including phenoxy) is 1. The molecular formula is C22H18F2O11. The normalized spacial score (nSPS) is 14.3. The lowest BCUT2D eigenvalue weighted by Gasteiger charge is -2.27. The van der Waals surface area contributed by atoms with Crippen LogP contribution in [0.2, 0.25) is 0 Å². The third-order valence-electron chi connectivity index (χ3n) is 5.09. The predicted octanol–water partition coefficient (Wildman–Crippen LogP) is 3.06. The molecule has 0 saturated carbocycles. The summed E-state index contributed by atoms with van der Waals surface area (Å²) in [4.78, 5) is 10.3. The smallest absolute Gasteiger partial charge is 0.338 e. The van der Waals surface area contributed by atoms with Gasteiger partial charge in [0.2, 0.25) is 11.5 Å². The summed E-state index contributed by atoms with van der Waals surface area (Å²) in [5.74, 6) is -10.3. The lowest BCUT2D eigenvalue weighted by atomic mass is 9.96. The molecule has 1 unspecified atom stereocenters. The van der Waals surface area contributed by atoms with Crippen LogP contribution in [0.1, 0.15) is 34.0 Å². The van der Waals surface area contributed by atoms with Gasteiger partial charge in [0, 0.05) is 29.3 Å². The highest BCUT2D eigenvalue weighted by Crippen LogP contribution is 2.46. The zero-order chi connectivity index (χ0) is 26.2. The maximum absolute atomic E-state index is 14.1. The molecule has 0 amide bonds. The average molecular weight is 496 g/mol. The van der Waals surface area contributed by atoms with E-state index in [2.05, 4.69) is 0 Å². The van der Waals surface area contributed by atoms with Gasteiger partial charge >= 0.3 is 5.97 Å². The monoisotopic (exact) mass is 496 g/mol. The quantitative estimate of drug-likeness (QED) is 0.235. The standard InChI is InChI=1S/C15H13FO6.C7H5FO5/c16-13-8(5-10(19)14(20)15(13)21)11-2-1-7-9(18)3-6(17)4-12(7)22-11;8-4-2(7(12)13)1-3(9)5(10)6(4)11/h3-5,11,17-21H,1-2H2;1,9-11H,(H,12,13). The first-order chi connectivity index (χ1) is 16.3. The van der Waals surface area contributed by atoms with Crippen LogP contribution in [0.5, 0.6) is 51.7 Å².